The summed E-state index contributed by atoms with van der Waals surface area (Å²) in [6, 6.07) is 0.260. The zero-order chi connectivity index (χ0) is 16.5. The SMILES string of the molecule is CCCC(CC(C)CC)N=NC(O)(CC(C)C)CC(C)C. The standard InChI is InChI=1S/C18H38N2O/c1-8-10-17(11-16(7)9-2)19-20-18(21,12-14(3)4)13-15(5)6/h14-17,21H,8-13H2,1-7H3. The predicted molar refractivity (Wildman–Crippen MR) is 91.5 cm³/mol. The van der Waals surface area contributed by atoms with E-state index in [1.807, 2.05) is 0 Å². The van der Waals surface area contributed by atoms with Crippen LogP contribution in [0.25, 0.3) is 0 Å². The minimum atomic E-state index is -0.982. The molecule has 0 fully saturated rings. The summed E-state index contributed by atoms with van der Waals surface area (Å²) in [6.45, 7) is 15.2. The Balaban J connectivity index is 4.88. The molecule has 0 radical (unpaired) electrons. The second-order valence-corrected chi connectivity index (χ2v) is 7.59. The zero-order valence-corrected chi connectivity index (χ0v) is 15.4. The van der Waals surface area contributed by atoms with Crippen LogP contribution < -0.4 is 0 Å². The molecule has 0 aromatic rings. The Kier molecular flexibility index (Phi) is 10.1. The molecule has 2 atom stereocenters. The van der Waals surface area contributed by atoms with Crippen molar-refractivity contribution in [2.75, 3.05) is 0 Å². The van der Waals surface area contributed by atoms with Crippen molar-refractivity contribution in [1.82, 2.24) is 0 Å². The first-order chi connectivity index (χ1) is 9.72. The number of hydrogen-bond acceptors (Lipinski definition) is 3. The lowest BCUT2D eigenvalue weighted by atomic mass is 9.92. The van der Waals surface area contributed by atoms with Crippen LogP contribution in [0.1, 0.15) is 87.0 Å². The van der Waals surface area contributed by atoms with E-state index in [4.69, 9.17) is 0 Å². The Hall–Kier alpha value is -0.440. The van der Waals surface area contributed by atoms with Crippen LogP contribution in [-0.2, 0) is 0 Å². The molecule has 0 saturated carbocycles. The van der Waals surface area contributed by atoms with E-state index < -0.39 is 5.72 Å². The molecule has 0 rings (SSSR count). The molecule has 0 heterocycles. The summed E-state index contributed by atoms with van der Waals surface area (Å²) in [5, 5.41) is 19.8. The van der Waals surface area contributed by atoms with Crippen molar-refractivity contribution in [1.29, 1.82) is 0 Å². The monoisotopic (exact) mass is 298 g/mol. The number of aliphatic hydroxyl groups is 1. The second-order valence-electron chi connectivity index (χ2n) is 7.59. The molecule has 21 heavy (non-hydrogen) atoms. The highest BCUT2D eigenvalue weighted by Crippen LogP contribution is 2.28. The van der Waals surface area contributed by atoms with Gasteiger partial charge in [-0.15, -0.1) is 0 Å². The Morgan fingerprint density at radius 3 is 1.86 bits per heavy atom. The molecule has 0 aromatic carbocycles. The van der Waals surface area contributed by atoms with Crippen LogP contribution in [0.15, 0.2) is 10.2 Å². The van der Waals surface area contributed by atoms with Gasteiger partial charge in [0.15, 0.2) is 5.72 Å². The summed E-state index contributed by atoms with van der Waals surface area (Å²) >= 11 is 0. The van der Waals surface area contributed by atoms with E-state index in [1.54, 1.807) is 0 Å². The van der Waals surface area contributed by atoms with Gasteiger partial charge in [0.05, 0.1) is 6.04 Å². The molecular weight excluding hydrogens is 260 g/mol. The first kappa shape index (κ1) is 20.6. The zero-order valence-electron chi connectivity index (χ0n) is 15.4. The number of nitrogens with zero attached hydrogens (tertiary/aromatic N) is 2. The van der Waals surface area contributed by atoms with E-state index in [2.05, 4.69) is 58.7 Å². The van der Waals surface area contributed by atoms with Gasteiger partial charge in [-0.3, -0.25) is 0 Å². The maximum atomic E-state index is 10.8. The Labute approximate surface area is 132 Å². The summed E-state index contributed by atoms with van der Waals surface area (Å²) in [4.78, 5) is 0. The van der Waals surface area contributed by atoms with Gasteiger partial charge in [0.25, 0.3) is 0 Å². The van der Waals surface area contributed by atoms with Gasteiger partial charge in [0.2, 0.25) is 0 Å². The van der Waals surface area contributed by atoms with Gasteiger partial charge in [-0.25, -0.2) is 0 Å². The molecule has 0 aliphatic rings. The summed E-state index contributed by atoms with van der Waals surface area (Å²) in [5.41, 5.74) is -0.982. The van der Waals surface area contributed by atoms with Crippen molar-refractivity contribution >= 4 is 0 Å². The van der Waals surface area contributed by atoms with Gasteiger partial charge in [0, 0.05) is 12.8 Å². The third-order valence-corrected chi connectivity index (χ3v) is 3.87. The first-order valence-electron chi connectivity index (χ1n) is 8.86. The molecule has 3 nitrogen and oxygen atoms in total. The molecule has 3 heteroatoms. The van der Waals surface area contributed by atoms with Crippen LogP contribution in [0, 0.1) is 17.8 Å². The van der Waals surface area contributed by atoms with Crippen molar-refractivity contribution in [2.24, 2.45) is 28.0 Å². The largest absolute Gasteiger partial charge is 0.368 e. The van der Waals surface area contributed by atoms with Crippen LogP contribution in [0.2, 0.25) is 0 Å². The smallest absolute Gasteiger partial charge is 0.176 e. The number of azo groups is 1. The lowest BCUT2D eigenvalue weighted by molar-refractivity contribution is 0.000261. The summed E-state index contributed by atoms with van der Waals surface area (Å²) in [6.07, 6.45) is 5.82. The summed E-state index contributed by atoms with van der Waals surface area (Å²) in [5.74, 6) is 1.52. The van der Waals surface area contributed by atoms with Gasteiger partial charge < -0.3 is 5.11 Å². The van der Waals surface area contributed by atoms with E-state index >= 15 is 0 Å². The van der Waals surface area contributed by atoms with Crippen LogP contribution in [0.5, 0.6) is 0 Å². The summed E-state index contributed by atoms with van der Waals surface area (Å²) < 4.78 is 0. The third-order valence-electron chi connectivity index (χ3n) is 3.87. The molecule has 2 unspecified atom stereocenters. The van der Waals surface area contributed by atoms with Crippen molar-refractivity contribution < 1.29 is 5.11 Å². The molecule has 0 amide bonds. The second kappa shape index (κ2) is 10.3. The van der Waals surface area contributed by atoms with E-state index in [9.17, 15) is 5.11 Å². The predicted octanol–water partition coefficient (Wildman–Crippen LogP) is 5.82. The van der Waals surface area contributed by atoms with Gasteiger partial charge >= 0.3 is 0 Å². The first-order valence-corrected chi connectivity index (χ1v) is 8.86. The van der Waals surface area contributed by atoms with Gasteiger partial charge in [-0.05, 0) is 30.6 Å². The lowest BCUT2D eigenvalue weighted by Crippen LogP contribution is -2.30. The molecule has 1 N–H and O–H groups in total. The Morgan fingerprint density at radius 2 is 1.48 bits per heavy atom. The van der Waals surface area contributed by atoms with Gasteiger partial charge in [-0.1, -0.05) is 61.3 Å². The van der Waals surface area contributed by atoms with E-state index in [0.717, 1.165) is 19.3 Å². The van der Waals surface area contributed by atoms with Crippen molar-refractivity contribution in [3.63, 3.8) is 0 Å². The molecule has 0 saturated heterocycles. The highest BCUT2D eigenvalue weighted by molar-refractivity contribution is 4.78. The van der Waals surface area contributed by atoms with Crippen molar-refractivity contribution in [3.8, 4) is 0 Å². The maximum absolute atomic E-state index is 10.8. The van der Waals surface area contributed by atoms with Crippen molar-refractivity contribution in [2.45, 2.75) is 98.8 Å². The van der Waals surface area contributed by atoms with Gasteiger partial charge in [-0.2, -0.15) is 10.2 Å². The van der Waals surface area contributed by atoms with Crippen LogP contribution in [-0.4, -0.2) is 16.9 Å². The molecule has 0 aliphatic heterocycles. The van der Waals surface area contributed by atoms with Crippen molar-refractivity contribution in [3.05, 3.63) is 0 Å². The quantitative estimate of drug-likeness (QED) is 0.480. The number of hydrogen-bond donors (Lipinski definition) is 1. The van der Waals surface area contributed by atoms with Crippen LogP contribution in [0.4, 0.5) is 0 Å². The molecule has 0 aromatic heterocycles. The summed E-state index contributed by atoms with van der Waals surface area (Å²) in [7, 11) is 0. The highest BCUT2D eigenvalue weighted by atomic mass is 16.3. The Bertz CT molecular complexity index is 277. The minimum Gasteiger partial charge on any atom is -0.368 e. The fraction of sp³-hybridized carbons (Fsp3) is 1.00. The normalized spacial score (nSPS) is 16.1. The highest BCUT2D eigenvalue weighted by Gasteiger charge is 2.29. The molecule has 0 spiro atoms. The lowest BCUT2D eigenvalue weighted by Gasteiger charge is -2.27. The average molecular weight is 299 g/mol. The fourth-order valence-electron chi connectivity index (χ4n) is 2.85. The molecular formula is C18H38N2O. The molecule has 126 valence electrons. The van der Waals surface area contributed by atoms with E-state index in [1.165, 1.54) is 6.42 Å². The fourth-order valence-corrected chi connectivity index (χ4v) is 2.85. The third kappa shape index (κ3) is 10.00. The number of rotatable bonds is 11. The molecule has 0 aliphatic carbocycles. The van der Waals surface area contributed by atoms with E-state index in [0.29, 0.717) is 30.6 Å². The Morgan fingerprint density at radius 1 is 0.952 bits per heavy atom. The van der Waals surface area contributed by atoms with Gasteiger partial charge in [0.1, 0.15) is 0 Å². The van der Waals surface area contributed by atoms with Crippen LogP contribution >= 0.6 is 0 Å². The topological polar surface area (TPSA) is 45.0 Å². The van der Waals surface area contributed by atoms with E-state index in [-0.39, 0.29) is 6.04 Å². The van der Waals surface area contributed by atoms with Crippen LogP contribution in [0.3, 0.4) is 0 Å². The molecule has 0 bridgehead atoms. The maximum Gasteiger partial charge on any atom is 0.176 e. The minimum absolute atomic E-state index is 0.260. The average Bonchev–Trinajstić information content (AvgIpc) is 2.34.